The smallest absolute Gasteiger partial charge is 0.250 e. The molecule has 0 atom stereocenters. The van der Waals surface area contributed by atoms with E-state index in [4.69, 9.17) is 9.47 Å². The van der Waals surface area contributed by atoms with Crippen molar-refractivity contribution in [1.82, 2.24) is 9.88 Å². The molecule has 0 aliphatic carbocycles. The van der Waals surface area contributed by atoms with Gasteiger partial charge in [0.05, 0.1) is 13.3 Å². The first-order valence-corrected chi connectivity index (χ1v) is 6.74. The number of nitrogens with zero attached hydrogens (tertiary/aromatic N) is 2. The molecule has 5 heteroatoms. The van der Waals surface area contributed by atoms with Crippen molar-refractivity contribution in [2.24, 2.45) is 0 Å². The maximum absolute atomic E-state index is 13.4. The largest absolute Gasteiger partial charge is 0.489 e. The molecule has 2 heterocycles. The molecule has 2 rings (SSSR count). The first-order chi connectivity index (χ1) is 9.19. The van der Waals surface area contributed by atoms with E-state index in [-0.39, 0.29) is 12.0 Å². The van der Waals surface area contributed by atoms with Gasteiger partial charge in [0.1, 0.15) is 11.9 Å². The number of pyridine rings is 1. The number of ether oxygens (including phenoxy) is 2. The number of aromatic nitrogens is 1. The average Bonchev–Trinajstić information content (AvgIpc) is 2.44. The standard InChI is InChI=1S/C12H17FN2O2.C2H6/c1-15-5-3-9(4-6-15)17-10-7-11(13)12(16-2)14-8-10;1-2/h7-9H,3-6H2,1-2H3;1-2H3. The summed E-state index contributed by atoms with van der Waals surface area (Å²) in [7, 11) is 3.48. The highest BCUT2D eigenvalue weighted by Crippen LogP contribution is 2.22. The fraction of sp³-hybridized carbons (Fsp3) is 0.643. The molecule has 0 aromatic carbocycles. The molecule has 1 aliphatic rings. The second kappa shape index (κ2) is 7.94. The number of methoxy groups -OCH3 is 1. The monoisotopic (exact) mass is 270 g/mol. The molecule has 108 valence electrons. The summed E-state index contributed by atoms with van der Waals surface area (Å²) in [4.78, 5) is 6.10. The third-order valence-electron chi connectivity index (χ3n) is 2.94. The lowest BCUT2D eigenvalue weighted by Gasteiger charge is -2.29. The van der Waals surface area contributed by atoms with Gasteiger partial charge < -0.3 is 14.4 Å². The molecule has 1 aromatic heterocycles. The van der Waals surface area contributed by atoms with Crippen LogP contribution in [0.4, 0.5) is 4.39 Å². The summed E-state index contributed by atoms with van der Waals surface area (Å²) in [5.41, 5.74) is 0. The summed E-state index contributed by atoms with van der Waals surface area (Å²) in [6.07, 6.45) is 3.58. The molecule has 1 fully saturated rings. The molecule has 1 aromatic rings. The quantitative estimate of drug-likeness (QED) is 0.846. The third-order valence-corrected chi connectivity index (χ3v) is 2.94. The number of hydrogen-bond donors (Lipinski definition) is 0. The number of piperidine rings is 1. The van der Waals surface area contributed by atoms with E-state index < -0.39 is 5.82 Å². The van der Waals surface area contributed by atoms with Crippen molar-refractivity contribution < 1.29 is 13.9 Å². The van der Waals surface area contributed by atoms with Gasteiger partial charge in [0.25, 0.3) is 0 Å². The van der Waals surface area contributed by atoms with Crippen molar-refractivity contribution in [2.75, 3.05) is 27.2 Å². The van der Waals surface area contributed by atoms with Gasteiger partial charge in [-0.3, -0.25) is 0 Å². The summed E-state index contributed by atoms with van der Waals surface area (Å²) >= 11 is 0. The summed E-state index contributed by atoms with van der Waals surface area (Å²) < 4.78 is 23.8. The zero-order valence-corrected chi connectivity index (χ0v) is 12.1. The van der Waals surface area contributed by atoms with Crippen LogP contribution in [-0.2, 0) is 0 Å². The predicted molar refractivity (Wildman–Crippen MR) is 73.2 cm³/mol. The Labute approximate surface area is 114 Å². The van der Waals surface area contributed by atoms with E-state index in [2.05, 4.69) is 16.9 Å². The molecule has 0 saturated carbocycles. The minimum absolute atomic E-state index is 0.000674. The van der Waals surface area contributed by atoms with Crippen LogP contribution in [0.25, 0.3) is 0 Å². The minimum Gasteiger partial charge on any atom is -0.489 e. The molecule has 0 spiro atoms. The highest BCUT2D eigenvalue weighted by atomic mass is 19.1. The lowest BCUT2D eigenvalue weighted by molar-refractivity contribution is 0.113. The van der Waals surface area contributed by atoms with Gasteiger partial charge in [0, 0.05) is 19.2 Å². The Hall–Kier alpha value is -1.36. The Morgan fingerprint density at radius 3 is 2.47 bits per heavy atom. The molecule has 1 aliphatic heterocycles. The van der Waals surface area contributed by atoms with E-state index in [0.717, 1.165) is 25.9 Å². The van der Waals surface area contributed by atoms with E-state index in [1.807, 2.05) is 13.8 Å². The van der Waals surface area contributed by atoms with Gasteiger partial charge in [0.15, 0.2) is 5.82 Å². The Kier molecular flexibility index (Phi) is 6.56. The molecule has 0 amide bonds. The number of halogens is 1. The van der Waals surface area contributed by atoms with E-state index in [1.165, 1.54) is 19.4 Å². The third kappa shape index (κ3) is 4.67. The summed E-state index contributed by atoms with van der Waals surface area (Å²) in [6, 6.07) is 1.32. The minimum atomic E-state index is -0.488. The highest BCUT2D eigenvalue weighted by Gasteiger charge is 2.18. The summed E-state index contributed by atoms with van der Waals surface area (Å²) in [5, 5.41) is 0. The van der Waals surface area contributed by atoms with Crippen LogP contribution >= 0.6 is 0 Å². The molecule has 0 unspecified atom stereocenters. The molecular weight excluding hydrogens is 247 g/mol. The Morgan fingerprint density at radius 2 is 1.95 bits per heavy atom. The van der Waals surface area contributed by atoms with Crippen LogP contribution in [0.3, 0.4) is 0 Å². The second-order valence-electron chi connectivity index (χ2n) is 4.28. The van der Waals surface area contributed by atoms with Crippen molar-refractivity contribution in [2.45, 2.75) is 32.8 Å². The van der Waals surface area contributed by atoms with Gasteiger partial charge in [0.2, 0.25) is 5.88 Å². The zero-order chi connectivity index (χ0) is 14.3. The van der Waals surface area contributed by atoms with Gasteiger partial charge >= 0.3 is 0 Å². The van der Waals surface area contributed by atoms with Gasteiger partial charge in [-0.1, -0.05) is 13.8 Å². The predicted octanol–water partition coefficient (Wildman–Crippen LogP) is 2.73. The number of hydrogen-bond acceptors (Lipinski definition) is 4. The molecule has 0 radical (unpaired) electrons. The fourth-order valence-electron chi connectivity index (χ4n) is 1.92. The molecule has 0 bridgehead atoms. The van der Waals surface area contributed by atoms with E-state index in [0.29, 0.717) is 5.75 Å². The van der Waals surface area contributed by atoms with Crippen molar-refractivity contribution in [3.8, 4) is 11.6 Å². The molecule has 0 N–H and O–H groups in total. The normalized spacial score (nSPS) is 16.5. The van der Waals surface area contributed by atoms with Crippen LogP contribution in [0, 0.1) is 5.82 Å². The number of likely N-dealkylation sites (tertiary alicyclic amines) is 1. The van der Waals surface area contributed by atoms with Crippen LogP contribution in [0.2, 0.25) is 0 Å². The van der Waals surface area contributed by atoms with Crippen molar-refractivity contribution in [1.29, 1.82) is 0 Å². The fourth-order valence-corrected chi connectivity index (χ4v) is 1.92. The molecule has 1 saturated heterocycles. The van der Waals surface area contributed by atoms with Crippen LogP contribution in [-0.4, -0.2) is 43.2 Å². The van der Waals surface area contributed by atoms with Crippen LogP contribution in [0.1, 0.15) is 26.7 Å². The van der Waals surface area contributed by atoms with Crippen LogP contribution < -0.4 is 9.47 Å². The molecular formula is C14H23FN2O2. The maximum Gasteiger partial charge on any atom is 0.250 e. The van der Waals surface area contributed by atoms with Crippen LogP contribution in [0.5, 0.6) is 11.6 Å². The van der Waals surface area contributed by atoms with E-state index >= 15 is 0 Å². The summed E-state index contributed by atoms with van der Waals surface area (Å²) in [5.74, 6) is -0.0171. The number of rotatable bonds is 3. The second-order valence-corrected chi connectivity index (χ2v) is 4.28. The van der Waals surface area contributed by atoms with Gasteiger partial charge in [-0.15, -0.1) is 0 Å². The van der Waals surface area contributed by atoms with Gasteiger partial charge in [-0.2, -0.15) is 0 Å². The summed E-state index contributed by atoms with van der Waals surface area (Å²) in [6.45, 7) is 6.02. The first kappa shape index (κ1) is 15.7. The molecule has 19 heavy (non-hydrogen) atoms. The van der Waals surface area contributed by atoms with E-state index in [1.54, 1.807) is 0 Å². The lowest BCUT2D eigenvalue weighted by Crippen LogP contribution is -2.35. The topological polar surface area (TPSA) is 34.6 Å². The SMILES string of the molecule is CC.COc1ncc(OC2CCN(C)CC2)cc1F. The van der Waals surface area contributed by atoms with Crippen molar-refractivity contribution in [3.63, 3.8) is 0 Å². The average molecular weight is 270 g/mol. The van der Waals surface area contributed by atoms with Crippen LogP contribution in [0.15, 0.2) is 12.3 Å². The lowest BCUT2D eigenvalue weighted by atomic mass is 10.1. The van der Waals surface area contributed by atoms with E-state index in [9.17, 15) is 4.39 Å². The zero-order valence-electron chi connectivity index (χ0n) is 12.1. The van der Waals surface area contributed by atoms with Gasteiger partial charge in [-0.05, 0) is 19.9 Å². The van der Waals surface area contributed by atoms with Crippen molar-refractivity contribution >= 4 is 0 Å². The highest BCUT2D eigenvalue weighted by molar-refractivity contribution is 5.25. The Morgan fingerprint density at radius 1 is 1.32 bits per heavy atom. The Balaban J connectivity index is 0.000000861. The maximum atomic E-state index is 13.4. The van der Waals surface area contributed by atoms with Gasteiger partial charge in [-0.25, -0.2) is 9.37 Å². The molecule has 4 nitrogen and oxygen atoms in total. The Bertz CT molecular complexity index is 380. The first-order valence-electron chi connectivity index (χ1n) is 6.74. The van der Waals surface area contributed by atoms with Crippen molar-refractivity contribution in [3.05, 3.63) is 18.1 Å².